The van der Waals surface area contributed by atoms with E-state index < -0.39 is 4.92 Å². The molecular weight excluding hydrogens is 288 g/mol. The van der Waals surface area contributed by atoms with E-state index in [1.807, 2.05) is 11.4 Å². The van der Waals surface area contributed by atoms with Crippen molar-refractivity contribution in [2.45, 2.75) is 19.9 Å². The molecule has 4 N–H and O–H groups in total. The van der Waals surface area contributed by atoms with Crippen molar-refractivity contribution in [3.8, 4) is 0 Å². The summed E-state index contributed by atoms with van der Waals surface area (Å²) in [6.07, 6.45) is 0. The second-order valence-corrected chi connectivity index (χ2v) is 6.03. The molecule has 0 radical (unpaired) electrons. The zero-order chi connectivity index (χ0) is 15.4. The highest BCUT2D eigenvalue weighted by Gasteiger charge is 2.18. The van der Waals surface area contributed by atoms with Crippen molar-refractivity contribution >= 4 is 28.4 Å². The van der Waals surface area contributed by atoms with Crippen LogP contribution >= 0.6 is 11.3 Å². The van der Waals surface area contributed by atoms with Gasteiger partial charge in [-0.15, -0.1) is 11.3 Å². The van der Waals surface area contributed by atoms with Crippen LogP contribution < -0.4 is 16.6 Å². The van der Waals surface area contributed by atoms with Crippen LogP contribution in [0.1, 0.15) is 24.8 Å². The van der Waals surface area contributed by atoms with Crippen LogP contribution in [0, 0.1) is 16.0 Å². The van der Waals surface area contributed by atoms with Crippen LogP contribution in [0.2, 0.25) is 0 Å². The molecule has 0 saturated carbocycles. The van der Waals surface area contributed by atoms with Crippen LogP contribution in [0.3, 0.4) is 0 Å². The Morgan fingerprint density at radius 1 is 1.29 bits per heavy atom. The lowest BCUT2D eigenvalue weighted by atomic mass is 10.0. The molecule has 1 aromatic heterocycles. The Balaban J connectivity index is 2.32. The van der Waals surface area contributed by atoms with E-state index in [0.29, 0.717) is 17.3 Å². The maximum absolute atomic E-state index is 11.0. The van der Waals surface area contributed by atoms with Crippen molar-refractivity contribution in [1.82, 2.24) is 0 Å². The summed E-state index contributed by atoms with van der Waals surface area (Å²) >= 11 is 1.66. The van der Waals surface area contributed by atoms with Crippen molar-refractivity contribution in [2.75, 3.05) is 10.7 Å². The SMILES string of the molecule is CC(C)C(Nc1cc(NN)cc([N+](=O)[O-])c1)c1cccs1. The Morgan fingerprint density at radius 3 is 2.52 bits per heavy atom. The van der Waals surface area contributed by atoms with Gasteiger partial charge in [0.05, 0.1) is 16.7 Å². The molecule has 0 amide bonds. The van der Waals surface area contributed by atoms with Gasteiger partial charge in [0.25, 0.3) is 5.69 Å². The van der Waals surface area contributed by atoms with Gasteiger partial charge in [0.1, 0.15) is 0 Å². The highest BCUT2D eigenvalue weighted by atomic mass is 32.1. The van der Waals surface area contributed by atoms with Crippen LogP contribution in [0.15, 0.2) is 35.7 Å². The zero-order valence-electron chi connectivity index (χ0n) is 11.9. The molecule has 1 unspecified atom stereocenters. The zero-order valence-corrected chi connectivity index (χ0v) is 12.7. The molecule has 0 fully saturated rings. The number of nitrogens with one attached hydrogen (secondary N) is 2. The quantitative estimate of drug-likeness (QED) is 0.429. The summed E-state index contributed by atoms with van der Waals surface area (Å²) in [6, 6.07) is 8.83. The number of thiophene rings is 1. The molecule has 0 spiro atoms. The number of nitrogens with two attached hydrogens (primary N) is 1. The van der Waals surface area contributed by atoms with Gasteiger partial charge in [0.2, 0.25) is 0 Å². The van der Waals surface area contributed by atoms with E-state index in [4.69, 9.17) is 5.84 Å². The monoisotopic (exact) mass is 306 g/mol. The number of benzene rings is 1. The largest absolute Gasteiger partial charge is 0.377 e. The summed E-state index contributed by atoms with van der Waals surface area (Å²) in [6.45, 7) is 4.22. The van der Waals surface area contributed by atoms with Crippen LogP contribution in [0.5, 0.6) is 0 Å². The Hall–Kier alpha value is -2.12. The second-order valence-electron chi connectivity index (χ2n) is 5.05. The van der Waals surface area contributed by atoms with Crippen LogP contribution in [0.25, 0.3) is 0 Å². The molecule has 112 valence electrons. The van der Waals surface area contributed by atoms with Crippen LogP contribution in [-0.2, 0) is 0 Å². The van der Waals surface area contributed by atoms with E-state index in [2.05, 4.69) is 30.7 Å². The first-order valence-electron chi connectivity index (χ1n) is 6.57. The van der Waals surface area contributed by atoms with Crippen LogP contribution in [0.4, 0.5) is 17.1 Å². The molecule has 2 rings (SSSR count). The number of hydrazine groups is 1. The summed E-state index contributed by atoms with van der Waals surface area (Å²) in [5.41, 5.74) is 3.63. The maximum Gasteiger partial charge on any atom is 0.273 e. The van der Waals surface area contributed by atoms with Crippen molar-refractivity contribution in [3.05, 3.63) is 50.7 Å². The predicted molar refractivity (Wildman–Crippen MR) is 86.4 cm³/mol. The molecular formula is C14H18N4O2S. The molecule has 0 saturated heterocycles. The number of non-ortho nitro benzene ring substituents is 1. The lowest BCUT2D eigenvalue weighted by Crippen LogP contribution is -2.16. The highest BCUT2D eigenvalue weighted by Crippen LogP contribution is 2.32. The van der Waals surface area contributed by atoms with Gasteiger partial charge in [-0.1, -0.05) is 19.9 Å². The van der Waals surface area contributed by atoms with Gasteiger partial charge < -0.3 is 10.7 Å². The fraction of sp³-hybridized carbons (Fsp3) is 0.286. The number of nitrogen functional groups attached to an aromatic ring is 1. The third kappa shape index (κ3) is 3.71. The number of nitro groups is 1. The molecule has 0 aliphatic heterocycles. The molecule has 1 heterocycles. The van der Waals surface area contributed by atoms with E-state index in [1.165, 1.54) is 17.0 Å². The minimum atomic E-state index is -0.429. The highest BCUT2D eigenvalue weighted by molar-refractivity contribution is 7.10. The van der Waals surface area contributed by atoms with E-state index >= 15 is 0 Å². The summed E-state index contributed by atoms with van der Waals surface area (Å²) in [5.74, 6) is 5.72. The van der Waals surface area contributed by atoms with Gasteiger partial charge >= 0.3 is 0 Å². The fourth-order valence-corrected chi connectivity index (χ4v) is 3.05. The van der Waals surface area contributed by atoms with Crippen molar-refractivity contribution < 1.29 is 4.92 Å². The first-order chi connectivity index (χ1) is 10.0. The molecule has 21 heavy (non-hydrogen) atoms. The van der Waals surface area contributed by atoms with Gasteiger partial charge in [-0.3, -0.25) is 16.0 Å². The van der Waals surface area contributed by atoms with E-state index in [0.717, 1.165) is 0 Å². The third-order valence-electron chi connectivity index (χ3n) is 3.13. The normalized spacial score (nSPS) is 12.2. The van der Waals surface area contributed by atoms with E-state index in [-0.39, 0.29) is 11.7 Å². The number of anilines is 2. The number of rotatable bonds is 6. The lowest BCUT2D eigenvalue weighted by Gasteiger charge is -2.22. The first kappa shape index (κ1) is 15.3. The molecule has 0 aliphatic rings. The molecule has 0 bridgehead atoms. The number of nitrogens with zero attached hydrogens (tertiary/aromatic N) is 1. The molecule has 7 heteroatoms. The van der Waals surface area contributed by atoms with Crippen molar-refractivity contribution in [3.63, 3.8) is 0 Å². The lowest BCUT2D eigenvalue weighted by molar-refractivity contribution is -0.384. The van der Waals surface area contributed by atoms with Crippen LogP contribution in [-0.4, -0.2) is 4.92 Å². The second kappa shape index (κ2) is 6.55. The first-order valence-corrected chi connectivity index (χ1v) is 7.45. The molecule has 2 aromatic rings. The standard InChI is InChI=1S/C14H18N4O2S/c1-9(2)14(13-4-3-5-21-13)16-10-6-11(17-15)8-12(7-10)18(19)20/h3-9,14,16-17H,15H2,1-2H3. The van der Waals surface area contributed by atoms with Gasteiger partial charge in [0.15, 0.2) is 0 Å². The van der Waals surface area contributed by atoms with Crippen molar-refractivity contribution in [1.29, 1.82) is 0 Å². The molecule has 1 atom stereocenters. The number of nitro benzene ring substituents is 1. The summed E-state index contributed by atoms with van der Waals surface area (Å²) in [4.78, 5) is 11.7. The third-order valence-corrected chi connectivity index (χ3v) is 4.09. The van der Waals surface area contributed by atoms with Crippen molar-refractivity contribution in [2.24, 2.45) is 11.8 Å². The number of hydrogen-bond donors (Lipinski definition) is 3. The average Bonchev–Trinajstić information content (AvgIpc) is 2.97. The fourth-order valence-electron chi connectivity index (χ4n) is 2.10. The average molecular weight is 306 g/mol. The summed E-state index contributed by atoms with van der Waals surface area (Å²) in [5, 5.41) is 16.4. The summed E-state index contributed by atoms with van der Waals surface area (Å²) < 4.78 is 0. The molecule has 0 aliphatic carbocycles. The predicted octanol–water partition coefficient (Wildman–Crippen LogP) is 3.75. The van der Waals surface area contributed by atoms with E-state index in [9.17, 15) is 10.1 Å². The van der Waals surface area contributed by atoms with E-state index in [1.54, 1.807) is 17.4 Å². The maximum atomic E-state index is 11.0. The number of hydrogen-bond acceptors (Lipinski definition) is 6. The summed E-state index contributed by atoms with van der Waals surface area (Å²) in [7, 11) is 0. The van der Waals surface area contributed by atoms with Gasteiger partial charge in [-0.2, -0.15) is 0 Å². The van der Waals surface area contributed by atoms with Gasteiger partial charge in [-0.05, 0) is 23.4 Å². The smallest absolute Gasteiger partial charge is 0.273 e. The topological polar surface area (TPSA) is 93.2 Å². The minimum Gasteiger partial charge on any atom is -0.377 e. The Labute approximate surface area is 127 Å². The Kier molecular flexibility index (Phi) is 4.77. The van der Waals surface area contributed by atoms with Gasteiger partial charge in [0, 0.05) is 22.7 Å². The Bertz CT molecular complexity index is 613. The Morgan fingerprint density at radius 2 is 2.00 bits per heavy atom. The molecule has 1 aromatic carbocycles. The minimum absolute atomic E-state index is 0.00151. The van der Waals surface area contributed by atoms with Gasteiger partial charge in [-0.25, -0.2) is 0 Å². The molecule has 6 nitrogen and oxygen atoms in total.